The van der Waals surface area contributed by atoms with Gasteiger partial charge in [0.05, 0.1) is 18.3 Å². The molecule has 1 spiro atoms. The molecule has 0 aromatic heterocycles. The van der Waals surface area contributed by atoms with Crippen molar-refractivity contribution < 1.29 is 9.84 Å². The number of hydrogen-bond donors (Lipinski definition) is 1. The van der Waals surface area contributed by atoms with E-state index in [0.29, 0.717) is 11.0 Å². The number of aliphatic hydroxyl groups excluding tert-OH is 1. The molecule has 22 heavy (non-hydrogen) atoms. The van der Waals surface area contributed by atoms with Gasteiger partial charge in [-0.25, -0.2) is 0 Å². The van der Waals surface area contributed by atoms with Crippen LogP contribution < -0.4 is 0 Å². The highest BCUT2D eigenvalue weighted by atomic mass is 16.6. The molecule has 0 amide bonds. The number of hydrogen-bond acceptors (Lipinski definition) is 2. The van der Waals surface area contributed by atoms with E-state index in [-0.39, 0.29) is 11.5 Å². The number of rotatable bonds is 0. The third kappa shape index (κ3) is 1.69. The number of aliphatic hydroxyl groups is 1. The van der Waals surface area contributed by atoms with E-state index in [1.54, 1.807) is 0 Å². The number of epoxide rings is 1. The van der Waals surface area contributed by atoms with Gasteiger partial charge in [-0.1, -0.05) is 13.8 Å². The lowest BCUT2D eigenvalue weighted by Crippen LogP contribution is -2.54. The Hall–Kier alpha value is -0.0800. The van der Waals surface area contributed by atoms with E-state index in [1.165, 1.54) is 51.4 Å². The maximum atomic E-state index is 10.5. The number of fused-ring (bicyclic) bond motifs is 5. The molecule has 2 heteroatoms. The quantitative estimate of drug-likeness (QED) is 0.682. The largest absolute Gasteiger partial charge is 0.393 e. The molecule has 0 aromatic carbocycles. The third-order valence-corrected chi connectivity index (χ3v) is 9.31. The van der Waals surface area contributed by atoms with Gasteiger partial charge in [0.25, 0.3) is 0 Å². The summed E-state index contributed by atoms with van der Waals surface area (Å²) in [6.07, 6.45) is 11.8. The Morgan fingerprint density at radius 3 is 2.41 bits per heavy atom. The smallest absolute Gasteiger partial charge is 0.0919 e. The first-order valence-electron chi connectivity index (χ1n) is 9.79. The monoisotopic (exact) mass is 304 g/mol. The predicted molar refractivity (Wildman–Crippen MR) is 86.4 cm³/mol. The van der Waals surface area contributed by atoms with Gasteiger partial charge in [-0.3, -0.25) is 0 Å². The molecule has 5 fully saturated rings. The van der Waals surface area contributed by atoms with Crippen LogP contribution in [0.2, 0.25) is 0 Å². The van der Waals surface area contributed by atoms with Crippen LogP contribution in [0.5, 0.6) is 0 Å². The van der Waals surface area contributed by atoms with E-state index in [0.717, 1.165) is 36.7 Å². The van der Waals surface area contributed by atoms with Gasteiger partial charge in [-0.05, 0) is 92.3 Å². The summed E-state index contributed by atoms with van der Waals surface area (Å²) in [4.78, 5) is 0. The second kappa shape index (κ2) is 4.30. The second-order valence-electron chi connectivity index (χ2n) is 9.97. The molecule has 4 saturated carbocycles. The van der Waals surface area contributed by atoms with Gasteiger partial charge < -0.3 is 9.84 Å². The first-order chi connectivity index (χ1) is 10.5. The molecule has 0 radical (unpaired) electrons. The number of ether oxygens (including phenoxy) is 1. The third-order valence-electron chi connectivity index (χ3n) is 9.31. The van der Waals surface area contributed by atoms with E-state index in [9.17, 15) is 5.11 Å². The highest BCUT2D eigenvalue weighted by Crippen LogP contribution is 2.67. The van der Waals surface area contributed by atoms with Crippen molar-refractivity contribution in [1.29, 1.82) is 0 Å². The molecule has 1 heterocycles. The Kier molecular flexibility index (Phi) is 2.79. The lowest BCUT2D eigenvalue weighted by atomic mass is 9.44. The van der Waals surface area contributed by atoms with Gasteiger partial charge in [0.15, 0.2) is 0 Å². The van der Waals surface area contributed by atoms with E-state index in [2.05, 4.69) is 13.8 Å². The molecule has 3 unspecified atom stereocenters. The maximum absolute atomic E-state index is 10.5. The van der Waals surface area contributed by atoms with Crippen molar-refractivity contribution in [1.82, 2.24) is 0 Å². The SMILES string of the molecule is C[C@]12CCC3C(CC[C@H]4C[C@@]5(CC[C@]34C)CO5)C1CC[C@@H]2O. The van der Waals surface area contributed by atoms with Crippen LogP contribution in [0.25, 0.3) is 0 Å². The molecular formula is C20H32O2. The van der Waals surface area contributed by atoms with Crippen molar-refractivity contribution in [3.8, 4) is 0 Å². The molecule has 2 nitrogen and oxygen atoms in total. The molecule has 1 N–H and O–H groups in total. The van der Waals surface area contributed by atoms with Crippen molar-refractivity contribution in [3.63, 3.8) is 0 Å². The van der Waals surface area contributed by atoms with Crippen molar-refractivity contribution in [2.75, 3.05) is 6.61 Å². The summed E-state index contributed by atoms with van der Waals surface area (Å²) in [6, 6.07) is 0. The summed E-state index contributed by atoms with van der Waals surface area (Å²) in [5, 5.41) is 10.5. The van der Waals surface area contributed by atoms with E-state index in [1.807, 2.05) is 0 Å². The first kappa shape index (κ1) is 14.3. The van der Waals surface area contributed by atoms with Gasteiger partial charge >= 0.3 is 0 Å². The van der Waals surface area contributed by atoms with Gasteiger partial charge in [-0.15, -0.1) is 0 Å². The van der Waals surface area contributed by atoms with Crippen LogP contribution >= 0.6 is 0 Å². The summed E-state index contributed by atoms with van der Waals surface area (Å²) < 4.78 is 5.83. The molecule has 124 valence electrons. The van der Waals surface area contributed by atoms with Crippen molar-refractivity contribution in [2.45, 2.75) is 83.3 Å². The second-order valence-corrected chi connectivity index (χ2v) is 9.97. The van der Waals surface area contributed by atoms with Crippen LogP contribution in [0.3, 0.4) is 0 Å². The molecule has 5 aliphatic rings. The molecule has 8 atom stereocenters. The van der Waals surface area contributed by atoms with Gasteiger partial charge in [0.1, 0.15) is 0 Å². The van der Waals surface area contributed by atoms with E-state index in [4.69, 9.17) is 4.74 Å². The van der Waals surface area contributed by atoms with Crippen LogP contribution in [0, 0.1) is 34.5 Å². The minimum absolute atomic E-state index is 0.0292. The zero-order valence-corrected chi connectivity index (χ0v) is 14.3. The Morgan fingerprint density at radius 1 is 0.864 bits per heavy atom. The molecule has 0 bridgehead atoms. The maximum Gasteiger partial charge on any atom is 0.0919 e. The summed E-state index contributed by atoms with van der Waals surface area (Å²) in [5.74, 6) is 3.52. The lowest BCUT2D eigenvalue weighted by Gasteiger charge is -2.60. The van der Waals surface area contributed by atoms with Crippen LogP contribution in [-0.4, -0.2) is 23.4 Å². The summed E-state index contributed by atoms with van der Waals surface area (Å²) in [6.45, 7) is 6.06. The topological polar surface area (TPSA) is 32.8 Å². The fraction of sp³-hybridized carbons (Fsp3) is 1.00. The molecule has 1 saturated heterocycles. The zero-order chi connectivity index (χ0) is 15.2. The fourth-order valence-corrected chi connectivity index (χ4v) is 7.64. The van der Waals surface area contributed by atoms with Crippen LogP contribution in [0.4, 0.5) is 0 Å². The highest BCUT2D eigenvalue weighted by molar-refractivity contribution is 5.12. The van der Waals surface area contributed by atoms with Gasteiger partial charge in [0, 0.05) is 0 Å². The molecule has 1 aliphatic heterocycles. The molecule has 0 aromatic rings. The fourth-order valence-electron chi connectivity index (χ4n) is 7.64. The Bertz CT molecular complexity index is 484. The lowest BCUT2D eigenvalue weighted by molar-refractivity contribution is -0.128. The van der Waals surface area contributed by atoms with Crippen molar-refractivity contribution in [3.05, 3.63) is 0 Å². The van der Waals surface area contributed by atoms with Crippen LogP contribution in [0.15, 0.2) is 0 Å². The van der Waals surface area contributed by atoms with Gasteiger partial charge in [-0.2, -0.15) is 0 Å². The Morgan fingerprint density at radius 2 is 1.64 bits per heavy atom. The van der Waals surface area contributed by atoms with Crippen LogP contribution in [0.1, 0.15) is 71.6 Å². The van der Waals surface area contributed by atoms with Crippen molar-refractivity contribution in [2.24, 2.45) is 34.5 Å². The minimum Gasteiger partial charge on any atom is -0.393 e. The van der Waals surface area contributed by atoms with E-state index < -0.39 is 0 Å². The summed E-state index contributed by atoms with van der Waals surface area (Å²) in [7, 11) is 0. The molecular weight excluding hydrogens is 272 g/mol. The Balaban J connectivity index is 1.44. The first-order valence-corrected chi connectivity index (χ1v) is 9.79. The Labute approximate surface area is 135 Å². The average molecular weight is 304 g/mol. The van der Waals surface area contributed by atoms with Crippen LogP contribution in [-0.2, 0) is 4.74 Å². The summed E-state index contributed by atoms with van der Waals surface area (Å²) in [5.41, 5.74) is 1.12. The highest BCUT2D eigenvalue weighted by Gasteiger charge is 2.63. The normalized spacial score (nSPS) is 63.1. The molecule has 5 rings (SSSR count). The predicted octanol–water partition coefficient (Wildman–Crippen LogP) is 4.16. The van der Waals surface area contributed by atoms with E-state index >= 15 is 0 Å². The van der Waals surface area contributed by atoms with Crippen molar-refractivity contribution >= 4 is 0 Å². The minimum atomic E-state index is -0.0292. The van der Waals surface area contributed by atoms with Gasteiger partial charge in [0.2, 0.25) is 0 Å². The summed E-state index contributed by atoms with van der Waals surface area (Å²) >= 11 is 0. The zero-order valence-electron chi connectivity index (χ0n) is 14.3. The molecule has 4 aliphatic carbocycles. The average Bonchev–Trinajstić information content (AvgIpc) is 3.19. The standard InChI is InChI=1S/C20H32O2/c1-18-9-10-20(12-22-20)11-13(18)3-4-14-15-5-6-17(21)19(15,2)8-7-16(14)18/h13-17,21H,3-12H2,1-2H3/t13-,14?,15?,16?,17-,18-,19-,20-/m0/s1.